The Labute approximate surface area is 99.7 Å². The molecule has 3 nitrogen and oxygen atoms in total. The summed E-state index contributed by atoms with van der Waals surface area (Å²) in [6.07, 6.45) is 2.38. The highest BCUT2D eigenvalue weighted by Gasteiger charge is 2.24. The van der Waals surface area contributed by atoms with Gasteiger partial charge in [-0.2, -0.15) is 5.10 Å². The van der Waals surface area contributed by atoms with Crippen molar-refractivity contribution in [2.45, 2.75) is 59.0 Å². The smallest absolute Gasteiger partial charge is 0.0683 e. The fourth-order valence-corrected chi connectivity index (χ4v) is 2.48. The molecule has 0 fully saturated rings. The van der Waals surface area contributed by atoms with Crippen molar-refractivity contribution in [3.05, 3.63) is 17.0 Å². The van der Waals surface area contributed by atoms with Crippen LogP contribution in [0.2, 0.25) is 0 Å². The van der Waals surface area contributed by atoms with Gasteiger partial charge in [0.15, 0.2) is 0 Å². The first-order valence-corrected chi connectivity index (χ1v) is 6.43. The monoisotopic (exact) mass is 223 g/mol. The van der Waals surface area contributed by atoms with Gasteiger partial charge in [0.1, 0.15) is 0 Å². The number of hydrogen-bond acceptors (Lipinski definition) is 2. The third-order valence-corrected chi connectivity index (χ3v) is 3.76. The molecule has 0 aliphatic carbocycles. The van der Waals surface area contributed by atoms with E-state index in [4.69, 9.17) is 0 Å². The molecule has 2 rings (SSSR count). The number of rotatable bonds is 3. The molecule has 2 heterocycles. The number of H-pyrrole nitrogens is 1. The van der Waals surface area contributed by atoms with E-state index >= 15 is 0 Å². The number of hydrogen-bond donors (Lipinski definition) is 1. The SMILES string of the molecule is CCC(C)N1CCc2c(C(C)C)n[nH]c2C1.[HH]. The molecule has 0 bridgehead atoms. The molecule has 0 saturated carbocycles. The normalized spacial score (nSPS) is 18.8. The molecule has 0 amide bonds. The molecule has 0 spiro atoms. The second-order valence-electron chi connectivity index (χ2n) is 5.20. The van der Waals surface area contributed by atoms with Crippen LogP contribution in [0.3, 0.4) is 0 Å². The van der Waals surface area contributed by atoms with Crippen molar-refractivity contribution >= 4 is 0 Å². The van der Waals surface area contributed by atoms with Crippen molar-refractivity contribution in [3.63, 3.8) is 0 Å². The first-order chi connectivity index (χ1) is 7.63. The minimum Gasteiger partial charge on any atom is -0.295 e. The summed E-state index contributed by atoms with van der Waals surface area (Å²) in [6, 6.07) is 0.680. The van der Waals surface area contributed by atoms with E-state index in [0.717, 1.165) is 13.0 Å². The summed E-state index contributed by atoms with van der Waals surface area (Å²) >= 11 is 0. The first-order valence-electron chi connectivity index (χ1n) is 6.43. The molecule has 1 aromatic heterocycles. The van der Waals surface area contributed by atoms with Gasteiger partial charge in [0, 0.05) is 20.6 Å². The van der Waals surface area contributed by atoms with Crippen LogP contribution in [0.15, 0.2) is 0 Å². The highest BCUT2D eigenvalue weighted by atomic mass is 15.2. The van der Waals surface area contributed by atoms with Crippen LogP contribution in [0.25, 0.3) is 0 Å². The van der Waals surface area contributed by atoms with E-state index in [1.54, 1.807) is 0 Å². The Hall–Kier alpha value is -0.830. The van der Waals surface area contributed by atoms with Gasteiger partial charge in [-0.15, -0.1) is 0 Å². The van der Waals surface area contributed by atoms with E-state index in [2.05, 4.69) is 42.8 Å². The van der Waals surface area contributed by atoms with Crippen LogP contribution in [0.5, 0.6) is 0 Å². The standard InChI is InChI=1S/C13H23N3.H2/c1-5-10(4)16-7-6-11-12(8-16)14-15-13(11)9(2)3;/h9-10H,5-8H2,1-4H3,(H,14,15);1H. The highest BCUT2D eigenvalue weighted by Crippen LogP contribution is 2.26. The zero-order valence-corrected chi connectivity index (χ0v) is 10.9. The molecule has 1 N–H and O–H groups in total. The third-order valence-electron chi connectivity index (χ3n) is 3.76. The Morgan fingerprint density at radius 3 is 2.81 bits per heavy atom. The van der Waals surface area contributed by atoms with Crippen LogP contribution < -0.4 is 0 Å². The Morgan fingerprint density at radius 1 is 1.44 bits per heavy atom. The van der Waals surface area contributed by atoms with Crippen molar-refractivity contribution in [2.24, 2.45) is 0 Å². The van der Waals surface area contributed by atoms with Crippen LogP contribution in [-0.2, 0) is 13.0 Å². The average Bonchev–Trinajstić information content (AvgIpc) is 2.70. The molecule has 92 valence electrons. The van der Waals surface area contributed by atoms with Crippen LogP contribution >= 0.6 is 0 Å². The number of nitrogens with zero attached hydrogens (tertiary/aromatic N) is 2. The Balaban J connectivity index is 0.00000144. The number of aromatic nitrogens is 2. The van der Waals surface area contributed by atoms with Crippen LogP contribution in [0.4, 0.5) is 0 Å². The first kappa shape index (κ1) is 11.6. The molecular formula is C13H25N3. The fraction of sp³-hybridized carbons (Fsp3) is 0.769. The molecule has 0 aromatic carbocycles. The third kappa shape index (κ3) is 2.01. The quantitative estimate of drug-likeness (QED) is 0.854. The van der Waals surface area contributed by atoms with Crippen molar-refractivity contribution in [1.82, 2.24) is 15.1 Å². The van der Waals surface area contributed by atoms with E-state index in [0.29, 0.717) is 12.0 Å². The van der Waals surface area contributed by atoms with E-state index in [9.17, 15) is 0 Å². The molecule has 1 aliphatic rings. The van der Waals surface area contributed by atoms with Gasteiger partial charge >= 0.3 is 0 Å². The van der Waals surface area contributed by atoms with Gasteiger partial charge in [-0.25, -0.2) is 0 Å². The summed E-state index contributed by atoms with van der Waals surface area (Å²) in [5.41, 5.74) is 4.10. The summed E-state index contributed by atoms with van der Waals surface area (Å²) in [7, 11) is 0. The van der Waals surface area contributed by atoms with E-state index < -0.39 is 0 Å². The number of fused-ring (bicyclic) bond motifs is 1. The van der Waals surface area contributed by atoms with Gasteiger partial charge in [0.05, 0.1) is 11.4 Å². The molecule has 16 heavy (non-hydrogen) atoms. The van der Waals surface area contributed by atoms with Gasteiger partial charge < -0.3 is 0 Å². The maximum atomic E-state index is 4.47. The van der Waals surface area contributed by atoms with Crippen molar-refractivity contribution in [1.29, 1.82) is 0 Å². The van der Waals surface area contributed by atoms with Gasteiger partial charge in [-0.05, 0) is 31.2 Å². The second kappa shape index (κ2) is 4.58. The molecular weight excluding hydrogens is 198 g/mol. The highest BCUT2D eigenvalue weighted by molar-refractivity contribution is 5.29. The van der Waals surface area contributed by atoms with Crippen molar-refractivity contribution in [3.8, 4) is 0 Å². The number of aromatic amines is 1. The van der Waals surface area contributed by atoms with E-state index in [1.807, 2.05) is 0 Å². The molecule has 0 radical (unpaired) electrons. The predicted octanol–water partition coefficient (Wildman–Crippen LogP) is 2.94. The predicted molar refractivity (Wildman–Crippen MR) is 68.7 cm³/mol. The lowest BCUT2D eigenvalue weighted by Gasteiger charge is -2.31. The Kier molecular flexibility index (Phi) is 3.33. The summed E-state index contributed by atoms with van der Waals surface area (Å²) in [6.45, 7) is 11.2. The Bertz CT molecular complexity index is 360. The largest absolute Gasteiger partial charge is 0.295 e. The molecule has 0 saturated heterocycles. The van der Waals surface area contributed by atoms with Gasteiger partial charge in [-0.3, -0.25) is 10.00 Å². The van der Waals surface area contributed by atoms with Gasteiger partial charge in [-0.1, -0.05) is 20.8 Å². The van der Waals surface area contributed by atoms with Crippen molar-refractivity contribution < 1.29 is 1.43 Å². The minimum atomic E-state index is 0. The van der Waals surface area contributed by atoms with Crippen molar-refractivity contribution in [2.75, 3.05) is 6.54 Å². The van der Waals surface area contributed by atoms with E-state index in [1.165, 1.54) is 29.9 Å². The van der Waals surface area contributed by atoms with E-state index in [-0.39, 0.29) is 1.43 Å². The van der Waals surface area contributed by atoms with Crippen LogP contribution in [0.1, 0.15) is 58.4 Å². The topological polar surface area (TPSA) is 31.9 Å². The molecule has 1 atom stereocenters. The zero-order chi connectivity index (χ0) is 11.7. The lowest BCUT2D eigenvalue weighted by molar-refractivity contribution is 0.184. The molecule has 3 heteroatoms. The molecule has 1 aliphatic heterocycles. The van der Waals surface area contributed by atoms with Gasteiger partial charge in [0.2, 0.25) is 0 Å². The second-order valence-corrected chi connectivity index (χ2v) is 5.20. The summed E-state index contributed by atoms with van der Waals surface area (Å²) in [5, 5.41) is 7.69. The van der Waals surface area contributed by atoms with Crippen LogP contribution in [-0.4, -0.2) is 27.7 Å². The molecule has 1 unspecified atom stereocenters. The molecule has 1 aromatic rings. The maximum absolute atomic E-state index is 4.47. The lowest BCUT2D eigenvalue weighted by atomic mass is 9.97. The summed E-state index contributed by atoms with van der Waals surface area (Å²) in [4.78, 5) is 2.55. The number of nitrogens with one attached hydrogen (secondary N) is 1. The fourth-order valence-electron chi connectivity index (χ4n) is 2.48. The lowest BCUT2D eigenvalue weighted by Crippen LogP contribution is -2.37. The zero-order valence-electron chi connectivity index (χ0n) is 10.9. The Morgan fingerprint density at radius 2 is 2.19 bits per heavy atom. The summed E-state index contributed by atoms with van der Waals surface area (Å²) < 4.78 is 0. The average molecular weight is 223 g/mol. The minimum absolute atomic E-state index is 0. The maximum Gasteiger partial charge on any atom is 0.0683 e. The van der Waals surface area contributed by atoms with Crippen LogP contribution in [0, 0.1) is 0 Å². The van der Waals surface area contributed by atoms with Gasteiger partial charge in [0.25, 0.3) is 0 Å². The summed E-state index contributed by atoms with van der Waals surface area (Å²) in [5.74, 6) is 0.537.